The Labute approximate surface area is 182 Å². The zero-order valence-electron chi connectivity index (χ0n) is 16.8. The van der Waals surface area contributed by atoms with E-state index in [9.17, 15) is 17.6 Å². The van der Waals surface area contributed by atoms with Crippen LogP contribution in [0, 0.1) is 19.7 Å². The van der Waals surface area contributed by atoms with E-state index in [2.05, 4.69) is 15.4 Å². The summed E-state index contributed by atoms with van der Waals surface area (Å²) in [6.45, 7) is 3.62. The van der Waals surface area contributed by atoms with Crippen molar-refractivity contribution in [1.82, 2.24) is 14.8 Å². The van der Waals surface area contributed by atoms with Gasteiger partial charge < -0.3 is 5.32 Å². The van der Waals surface area contributed by atoms with E-state index < -0.39 is 21.6 Å². The smallest absolute Gasteiger partial charge is 0.226 e. The third-order valence-corrected chi connectivity index (χ3v) is 7.34. The van der Waals surface area contributed by atoms with Crippen LogP contribution in [0.5, 0.6) is 0 Å². The zero-order chi connectivity index (χ0) is 22.2. The highest BCUT2D eigenvalue weighted by Gasteiger charge is 2.19. The predicted octanol–water partition coefficient (Wildman–Crippen LogP) is 4.04. The van der Waals surface area contributed by atoms with E-state index in [1.807, 2.05) is 6.92 Å². The molecule has 1 N–H and O–H groups in total. The number of aromatic nitrogens is 3. The van der Waals surface area contributed by atoms with Crippen molar-refractivity contribution >= 4 is 43.1 Å². The van der Waals surface area contributed by atoms with Crippen LogP contribution in [0.15, 0.2) is 53.4 Å². The number of aryl methyl sites for hydroxylation is 2. The Kier molecular flexibility index (Phi) is 5.59. The van der Waals surface area contributed by atoms with E-state index in [1.165, 1.54) is 34.2 Å². The van der Waals surface area contributed by atoms with Gasteiger partial charge in [-0.1, -0.05) is 35.1 Å². The summed E-state index contributed by atoms with van der Waals surface area (Å²) >= 11 is 1.24. The zero-order valence-corrected chi connectivity index (χ0v) is 18.4. The number of anilines is 1. The molecule has 0 atom stereocenters. The SMILES string of the molecule is Cc1ccc(S(=O)(=O)CCC(=O)Nc2cc(C)nn2-c2nc3c(F)cccc3s2)cc1. The number of amides is 1. The molecule has 0 saturated carbocycles. The number of sulfone groups is 1. The number of carbonyl (C=O) groups is 1. The van der Waals surface area contributed by atoms with Gasteiger partial charge in [-0.2, -0.15) is 9.78 Å². The molecule has 7 nitrogen and oxygen atoms in total. The first kappa shape index (κ1) is 21.1. The lowest BCUT2D eigenvalue weighted by Crippen LogP contribution is -2.19. The molecule has 10 heteroatoms. The predicted molar refractivity (Wildman–Crippen MR) is 118 cm³/mol. The summed E-state index contributed by atoms with van der Waals surface area (Å²) in [6, 6.07) is 12.8. The fourth-order valence-electron chi connectivity index (χ4n) is 3.02. The van der Waals surface area contributed by atoms with Gasteiger partial charge in [0.1, 0.15) is 17.2 Å². The fourth-order valence-corrected chi connectivity index (χ4v) is 5.21. The molecule has 2 aromatic heterocycles. The molecule has 4 rings (SSSR count). The lowest BCUT2D eigenvalue weighted by molar-refractivity contribution is -0.115. The molecule has 0 saturated heterocycles. The maximum Gasteiger partial charge on any atom is 0.226 e. The minimum Gasteiger partial charge on any atom is -0.310 e. The van der Waals surface area contributed by atoms with Crippen LogP contribution in [-0.2, 0) is 14.6 Å². The van der Waals surface area contributed by atoms with Crippen LogP contribution >= 0.6 is 11.3 Å². The third kappa shape index (κ3) is 4.49. The van der Waals surface area contributed by atoms with Gasteiger partial charge in [-0.15, -0.1) is 0 Å². The van der Waals surface area contributed by atoms with E-state index in [4.69, 9.17) is 0 Å². The van der Waals surface area contributed by atoms with E-state index in [0.29, 0.717) is 21.3 Å². The van der Waals surface area contributed by atoms with Crippen molar-refractivity contribution in [2.75, 3.05) is 11.1 Å². The molecule has 0 fully saturated rings. The first-order valence-electron chi connectivity index (χ1n) is 9.44. The molecule has 0 unspecified atom stereocenters. The molecule has 0 aliphatic heterocycles. The number of rotatable bonds is 6. The molecule has 0 radical (unpaired) electrons. The van der Waals surface area contributed by atoms with Crippen LogP contribution in [0.4, 0.5) is 10.2 Å². The van der Waals surface area contributed by atoms with Crippen molar-refractivity contribution in [3.8, 4) is 5.13 Å². The maximum atomic E-state index is 14.0. The summed E-state index contributed by atoms with van der Waals surface area (Å²) in [5.74, 6) is -0.879. The summed E-state index contributed by atoms with van der Waals surface area (Å²) in [5, 5.41) is 7.42. The fraction of sp³-hybridized carbons (Fsp3) is 0.190. The lowest BCUT2D eigenvalue weighted by Gasteiger charge is -2.07. The number of fused-ring (bicyclic) bond motifs is 1. The Bertz CT molecular complexity index is 1380. The van der Waals surface area contributed by atoms with Crippen LogP contribution in [0.25, 0.3) is 15.3 Å². The van der Waals surface area contributed by atoms with Gasteiger partial charge in [0.2, 0.25) is 11.0 Å². The Balaban J connectivity index is 1.51. The molecule has 2 aromatic carbocycles. The van der Waals surface area contributed by atoms with Crippen molar-refractivity contribution in [2.45, 2.75) is 25.2 Å². The van der Waals surface area contributed by atoms with E-state index >= 15 is 0 Å². The quantitative estimate of drug-likeness (QED) is 0.471. The van der Waals surface area contributed by atoms with Crippen LogP contribution in [0.3, 0.4) is 0 Å². The number of carbonyl (C=O) groups excluding carboxylic acids is 1. The monoisotopic (exact) mass is 458 g/mol. The Hall–Kier alpha value is -3.11. The van der Waals surface area contributed by atoms with Gasteiger partial charge in [-0.05, 0) is 38.1 Å². The summed E-state index contributed by atoms with van der Waals surface area (Å²) in [5.41, 5.74) is 1.81. The molecule has 0 spiro atoms. The van der Waals surface area contributed by atoms with Crippen molar-refractivity contribution < 1.29 is 17.6 Å². The molecule has 0 aliphatic rings. The van der Waals surface area contributed by atoms with E-state index in [1.54, 1.807) is 37.3 Å². The highest BCUT2D eigenvalue weighted by atomic mass is 32.2. The van der Waals surface area contributed by atoms with Crippen molar-refractivity contribution in [2.24, 2.45) is 0 Å². The number of nitrogens with one attached hydrogen (secondary N) is 1. The van der Waals surface area contributed by atoms with Gasteiger partial charge in [-0.25, -0.2) is 17.8 Å². The average Bonchev–Trinajstić information content (AvgIpc) is 3.31. The number of para-hydroxylation sites is 1. The second-order valence-electron chi connectivity index (χ2n) is 7.10. The molecular formula is C21H19FN4O3S2. The Morgan fingerprint density at radius 3 is 2.61 bits per heavy atom. The minimum atomic E-state index is -3.58. The first-order valence-corrected chi connectivity index (χ1v) is 11.9. The van der Waals surface area contributed by atoms with Crippen LogP contribution < -0.4 is 5.32 Å². The van der Waals surface area contributed by atoms with Gasteiger partial charge in [0.25, 0.3) is 0 Å². The summed E-state index contributed by atoms with van der Waals surface area (Å²) in [6.07, 6.45) is -0.213. The van der Waals surface area contributed by atoms with Crippen LogP contribution in [0.1, 0.15) is 17.7 Å². The summed E-state index contributed by atoms with van der Waals surface area (Å²) in [7, 11) is -3.58. The first-order chi connectivity index (χ1) is 14.7. The highest BCUT2D eigenvalue weighted by molar-refractivity contribution is 7.91. The van der Waals surface area contributed by atoms with Gasteiger partial charge in [-0.3, -0.25) is 4.79 Å². The summed E-state index contributed by atoms with van der Waals surface area (Å²) in [4.78, 5) is 16.9. The number of nitrogens with zero attached hydrogens (tertiary/aromatic N) is 3. The van der Waals surface area contributed by atoms with E-state index in [0.717, 1.165) is 5.56 Å². The molecule has 0 bridgehead atoms. The topological polar surface area (TPSA) is 94.0 Å². The summed E-state index contributed by atoms with van der Waals surface area (Å²) < 4.78 is 41.0. The van der Waals surface area contributed by atoms with Gasteiger partial charge >= 0.3 is 0 Å². The van der Waals surface area contributed by atoms with Gasteiger partial charge in [0.05, 0.1) is 21.0 Å². The highest BCUT2D eigenvalue weighted by Crippen LogP contribution is 2.28. The van der Waals surface area contributed by atoms with Crippen LogP contribution in [0.2, 0.25) is 0 Å². The third-order valence-electron chi connectivity index (χ3n) is 4.62. The average molecular weight is 459 g/mol. The lowest BCUT2D eigenvalue weighted by atomic mass is 10.2. The molecule has 1 amide bonds. The number of hydrogen-bond donors (Lipinski definition) is 1. The number of hydrogen-bond acceptors (Lipinski definition) is 6. The van der Waals surface area contributed by atoms with E-state index in [-0.39, 0.29) is 22.6 Å². The number of benzene rings is 2. The molecule has 4 aromatic rings. The minimum absolute atomic E-state index is 0.184. The van der Waals surface area contributed by atoms with Crippen LogP contribution in [-0.4, -0.2) is 34.8 Å². The molecular weight excluding hydrogens is 439 g/mol. The molecule has 2 heterocycles. The normalized spacial score (nSPS) is 11.7. The maximum absolute atomic E-state index is 14.0. The molecule has 31 heavy (non-hydrogen) atoms. The number of thiazole rings is 1. The largest absolute Gasteiger partial charge is 0.310 e. The van der Waals surface area contributed by atoms with Gasteiger partial charge in [0, 0.05) is 12.5 Å². The second-order valence-corrected chi connectivity index (χ2v) is 10.2. The van der Waals surface area contributed by atoms with Crippen molar-refractivity contribution in [1.29, 1.82) is 0 Å². The number of halogens is 1. The van der Waals surface area contributed by atoms with Crippen molar-refractivity contribution in [3.63, 3.8) is 0 Å². The molecule has 0 aliphatic carbocycles. The van der Waals surface area contributed by atoms with Crippen molar-refractivity contribution in [3.05, 3.63) is 65.6 Å². The Morgan fingerprint density at radius 2 is 1.90 bits per heavy atom. The van der Waals surface area contributed by atoms with Gasteiger partial charge in [0.15, 0.2) is 9.84 Å². The standard InChI is InChI=1S/C21H19FN4O3S2/c1-13-6-8-15(9-7-13)31(28,29)11-10-19(27)23-18-12-14(2)25-26(18)21-24-20-16(22)4-3-5-17(20)30-21/h3-9,12H,10-11H2,1-2H3,(H,23,27). The second kappa shape index (κ2) is 8.20. The molecule has 160 valence electrons. The Morgan fingerprint density at radius 1 is 1.16 bits per heavy atom.